The average Bonchev–Trinajstić information content (AvgIpc) is 3.11. The Labute approximate surface area is 304 Å². The van der Waals surface area contributed by atoms with Gasteiger partial charge in [-0.2, -0.15) is 0 Å². The third kappa shape index (κ3) is 36.4. The molecule has 2 unspecified atom stereocenters. The van der Waals surface area contributed by atoms with Gasteiger partial charge in [0.15, 0.2) is 12.6 Å². The molecular weight excluding hydrogens is 648 g/mol. The zero-order chi connectivity index (χ0) is 36.6. The summed E-state index contributed by atoms with van der Waals surface area (Å²) in [5.74, 6) is -0.406. The molecule has 298 valence electrons. The molecule has 0 aliphatic carbocycles. The Kier molecular flexibility index (Phi) is 39.3. The van der Waals surface area contributed by atoms with Crippen LogP contribution in [-0.4, -0.2) is 117 Å². The van der Waals surface area contributed by atoms with Gasteiger partial charge in [-0.15, -0.1) is 0 Å². The van der Waals surface area contributed by atoms with Crippen LogP contribution in [0.15, 0.2) is 0 Å². The second kappa shape index (κ2) is 40.4. The van der Waals surface area contributed by atoms with Crippen LogP contribution in [-0.2, 0) is 57.0 Å². The number of hydrogen-bond acceptors (Lipinski definition) is 12. The monoisotopic (exact) mass is 723 g/mol. The second-order valence-corrected chi connectivity index (χ2v) is 12.2. The number of ether oxygens (including phenoxy) is 10. The highest BCUT2D eigenvalue weighted by Crippen LogP contribution is 2.10. The van der Waals surface area contributed by atoms with Gasteiger partial charge in [-0.05, 0) is 38.5 Å². The Morgan fingerprint density at radius 1 is 0.360 bits per heavy atom. The van der Waals surface area contributed by atoms with Crippen LogP contribution in [0.4, 0.5) is 0 Å². The molecule has 0 amide bonds. The minimum absolute atomic E-state index is 0.203. The summed E-state index contributed by atoms with van der Waals surface area (Å²) in [6.45, 7) is 14.7. The van der Waals surface area contributed by atoms with Crippen molar-refractivity contribution < 1.29 is 57.0 Å². The molecule has 0 aliphatic rings. The number of unbranched alkanes of at least 4 members (excludes halogenated alkanes) is 9. The first-order chi connectivity index (χ1) is 24.6. The van der Waals surface area contributed by atoms with Crippen molar-refractivity contribution in [3.05, 3.63) is 0 Å². The van der Waals surface area contributed by atoms with Crippen LogP contribution in [0.25, 0.3) is 0 Å². The summed E-state index contributed by atoms with van der Waals surface area (Å²) in [7, 11) is 0. The lowest BCUT2D eigenvalue weighted by Crippen LogP contribution is -2.26. The highest BCUT2D eigenvalue weighted by Gasteiger charge is 2.11. The molecule has 50 heavy (non-hydrogen) atoms. The summed E-state index contributed by atoms with van der Waals surface area (Å²) in [6.07, 6.45) is 13.9. The van der Waals surface area contributed by atoms with Gasteiger partial charge in [0.25, 0.3) is 0 Å². The highest BCUT2D eigenvalue weighted by atomic mass is 16.7. The van der Waals surface area contributed by atoms with E-state index in [2.05, 4.69) is 27.7 Å². The molecule has 0 spiro atoms. The molecule has 0 N–H and O–H groups in total. The fraction of sp³-hybridized carbons (Fsp3) is 0.947. The summed E-state index contributed by atoms with van der Waals surface area (Å²) in [5.41, 5.74) is 0. The normalized spacial score (nSPS) is 12.6. The maximum Gasteiger partial charge on any atom is 0.305 e. The fourth-order valence-corrected chi connectivity index (χ4v) is 4.36. The van der Waals surface area contributed by atoms with Crippen LogP contribution in [0.3, 0.4) is 0 Å². The van der Waals surface area contributed by atoms with Crippen LogP contribution in [0, 0.1) is 0 Å². The second-order valence-electron chi connectivity index (χ2n) is 12.2. The van der Waals surface area contributed by atoms with E-state index in [1.54, 1.807) is 0 Å². The number of carbonyl (C=O) groups is 2. The number of rotatable bonds is 41. The standard InChI is InChI=1S/C38H74O12/c1-5-9-21-43-33-37(47-23-11-7-3)49-31-27-41-25-29-45-35(39)19-17-15-13-14-16-18-20-36(40)46-30-26-42-28-32-50-38(48-24-12-8-4)34-44-22-10-6-2/h37-38H,5-34H2,1-4H3. The van der Waals surface area contributed by atoms with Gasteiger partial charge < -0.3 is 47.4 Å². The van der Waals surface area contributed by atoms with Crippen molar-refractivity contribution in [2.75, 3.05) is 92.5 Å². The first-order valence-electron chi connectivity index (χ1n) is 19.7. The Bertz CT molecular complexity index is 653. The lowest BCUT2D eigenvalue weighted by Gasteiger charge is -2.18. The van der Waals surface area contributed by atoms with Gasteiger partial charge in [0.1, 0.15) is 13.2 Å². The molecule has 0 saturated heterocycles. The van der Waals surface area contributed by atoms with Crippen molar-refractivity contribution in [3.63, 3.8) is 0 Å². The minimum atomic E-state index is -0.389. The van der Waals surface area contributed by atoms with Crippen molar-refractivity contribution in [1.29, 1.82) is 0 Å². The molecule has 0 bridgehead atoms. The molecule has 0 heterocycles. The summed E-state index contributed by atoms with van der Waals surface area (Å²) in [4.78, 5) is 24.0. The van der Waals surface area contributed by atoms with Crippen LogP contribution in [0.1, 0.15) is 130 Å². The molecule has 0 aromatic heterocycles. The van der Waals surface area contributed by atoms with Crippen LogP contribution in [0.5, 0.6) is 0 Å². The molecule has 12 heteroatoms. The molecule has 0 radical (unpaired) electrons. The number of hydrogen-bond donors (Lipinski definition) is 0. The summed E-state index contributed by atoms with van der Waals surface area (Å²) in [6, 6.07) is 0. The van der Waals surface area contributed by atoms with Crippen molar-refractivity contribution in [1.82, 2.24) is 0 Å². The third-order valence-electron chi connectivity index (χ3n) is 7.45. The Morgan fingerprint density at radius 3 is 1.10 bits per heavy atom. The van der Waals surface area contributed by atoms with Crippen LogP contribution < -0.4 is 0 Å². The molecular formula is C38H74O12. The van der Waals surface area contributed by atoms with E-state index in [4.69, 9.17) is 47.4 Å². The van der Waals surface area contributed by atoms with E-state index in [1.165, 1.54) is 0 Å². The van der Waals surface area contributed by atoms with E-state index < -0.39 is 0 Å². The largest absolute Gasteiger partial charge is 0.463 e. The first-order valence-corrected chi connectivity index (χ1v) is 19.7. The number of carbonyl (C=O) groups excluding carboxylic acids is 2. The van der Waals surface area contributed by atoms with Gasteiger partial charge in [-0.25, -0.2) is 0 Å². The highest BCUT2D eigenvalue weighted by molar-refractivity contribution is 5.69. The van der Waals surface area contributed by atoms with Crippen molar-refractivity contribution >= 4 is 11.9 Å². The van der Waals surface area contributed by atoms with Gasteiger partial charge in [0.2, 0.25) is 0 Å². The van der Waals surface area contributed by atoms with E-state index >= 15 is 0 Å². The predicted octanol–water partition coefficient (Wildman–Crippen LogP) is 7.18. The summed E-state index contributed by atoms with van der Waals surface area (Å²) >= 11 is 0. The third-order valence-corrected chi connectivity index (χ3v) is 7.45. The first kappa shape index (κ1) is 48.6. The van der Waals surface area contributed by atoms with Crippen LogP contribution >= 0.6 is 0 Å². The lowest BCUT2D eigenvalue weighted by atomic mass is 10.1. The van der Waals surface area contributed by atoms with Gasteiger partial charge >= 0.3 is 11.9 Å². The molecule has 0 aliphatic heterocycles. The van der Waals surface area contributed by atoms with Crippen molar-refractivity contribution in [2.24, 2.45) is 0 Å². The summed E-state index contributed by atoms with van der Waals surface area (Å²) < 4.78 is 55.8. The van der Waals surface area contributed by atoms with E-state index in [-0.39, 0.29) is 37.7 Å². The Hall–Kier alpha value is -1.38. The Morgan fingerprint density at radius 2 is 0.700 bits per heavy atom. The zero-order valence-electron chi connectivity index (χ0n) is 32.3. The van der Waals surface area contributed by atoms with Gasteiger partial charge in [0, 0.05) is 39.3 Å². The molecule has 0 aromatic rings. The smallest absolute Gasteiger partial charge is 0.305 e. The van der Waals surface area contributed by atoms with E-state index in [0.717, 1.165) is 89.9 Å². The topological polar surface area (TPSA) is 126 Å². The lowest BCUT2D eigenvalue weighted by molar-refractivity contribution is -0.179. The minimum Gasteiger partial charge on any atom is -0.463 e. The fourth-order valence-electron chi connectivity index (χ4n) is 4.36. The molecule has 2 atom stereocenters. The van der Waals surface area contributed by atoms with Gasteiger partial charge in [-0.3, -0.25) is 9.59 Å². The quantitative estimate of drug-likeness (QED) is 0.0361. The Balaban J connectivity index is 3.63. The maximum atomic E-state index is 12.0. The van der Waals surface area contributed by atoms with E-state index in [1.807, 2.05) is 0 Å². The summed E-state index contributed by atoms with van der Waals surface area (Å²) in [5, 5.41) is 0. The van der Waals surface area contributed by atoms with E-state index in [9.17, 15) is 9.59 Å². The molecule has 0 rings (SSSR count). The zero-order valence-corrected chi connectivity index (χ0v) is 32.3. The SMILES string of the molecule is CCCCOCC(OCCCC)OCCOCCOC(=O)CCCCCCCCC(=O)OCCOCCOC(COCCCC)OCCCC. The maximum absolute atomic E-state index is 12.0. The number of esters is 2. The van der Waals surface area contributed by atoms with Gasteiger partial charge in [-0.1, -0.05) is 79.1 Å². The van der Waals surface area contributed by atoms with Crippen LogP contribution in [0.2, 0.25) is 0 Å². The predicted molar refractivity (Wildman–Crippen MR) is 193 cm³/mol. The molecule has 12 nitrogen and oxygen atoms in total. The van der Waals surface area contributed by atoms with E-state index in [0.29, 0.717) is 92.1 Å². The molecule has 0 aromatic carbocycles. The van der Waals surface area contributed by atoms with Crippen molar-refractivity contribution in [2.45, 2.75) is 143 Å². The average molecular weight is 723 g/mol. The molecule has 0 fully saturated rings. The van der Waals surface area contributed by atoms with Crippen molar-refractivity contribution in [3.8, 4) is 0 Å². The van der Waals surface area contributed by atoms with Gasteiger partial charge in [0.05, 0.1) is 52.9 Å². The molecule has 0 saturated carbocycles.